The zero-order valence-electron chi connectivity index (χ0n) is 14.1. The zero-order valence-corrected chi connectivity index (χ0v) is 15.7. The minimum Gasteiger partial charge on any atom is -0.338 e. The van der Waals surface area contributed by atoms with E-state index in [0.717, 1.165) is 17.1 Å². The maximum Gasteiger partial charge on any atom is 0.228 e. The Balaban J connectivity index is 1.70. The molecule has 0 N–H and O–H groups in total. The Morgan fingerprint density at radius 2 is 2.24 bits per heavy atom. The Morgan fingerprint density at radius 3 is 2.88 bits per heavy atom. The monoisotopic (exact) mass is 379 g/mol. The summed E-state index contributed by atoms with van der Waals surface area (Å²) >= 11 is 1.46. The summed E-state index contributed by atoms with van der Waals surface area (Å²) in [5.41, 5.74) is 1.50. The average molecular weight is 380 g/mol. The first kappa shape index (κ1) is 18.0. The number of aromatic nitrogens is 2. The van der Waals surface area contributed by atoms with Gasteiger partial charge < -0.3 is 4.90 Å². The lowest BCUT2D eigenvalue weighted by Crippen LogP contribution is -2.42. The number of rotatable bonds is 6. The van der Waals surface area contributed by atoms with Gasteiger partial charge in [0.1, 0.15) is 5.01 Å². The van der Waals surface area contributed by atoms with Crippen LogP contribution < -0.4 is 0 Å². The molecule has 6 nitrogen and oxygen atoms in total. The van der Waals surface area contributed by atoms with Crippen molar-refractivity contribution in [3.63, 3.8) is 0 Å². The van der Waals surface area contributed by atoms with Crippen LogP contribution in [0.25, 0.3) is 10.7 Å². The summed E-state index contributed by atoms with van der Waals surface area (Å²) in [5.74, 6) is 0.197. The van der Waals surface area contributed by atoms with Gasteiger partial charge in [0.15, 0.2) is 9.84 Å². The van der Waals surface area contributed by atoms with Gasteiger partial charge in [0.2, 0.25) is 5.91 Å². The van der Waals surface area contributed by atoms with Crippen molar-refractivity contribution >= 4 is 27.1 Å². The number of hydrogen-bond donors (Lipinski definition) is 0. The number of carbonyl (C=O) groups is 1. The molecule has 0 radical (unpaired) electrons. The largest absolute Gasteiger partial charge is 0.338 e. The molecule has 3 rings (SSSR count). The summed E-state index contributed by atoms with van der Waals surface area (Å²) in [6.45, 7) is 2.57. The number of hydrogen-bond acceptors (Lipinski definition) is 6. The average Bonchev–Trinajstić information content (AvgIpc) is 3.19. The number of amides is 1. The number of thiazole rings is 1. The van der Waals surface area contributed by atoms with Gasteiger partial charge in [0.25, 0.3) is 0 Å². The van der Waals surface area contributed by atoms with Gasteiger partial charge in [-0.3, -0.25) is 9.78 Å². The third-order valence-corrected chi connectivity index (χ3v) is 6.87. The molecule has 8 heteroatoms. The highest BCUT2D eigenvalue weighted by Crippen LogP contribution is 2.23. The van der Waals surface area contributed by atoms with Gasteiger partial charge in [-0.15, -0.1) is 11.3 Å². The first-order chi connectivity index (χ1) is 12.0. The first-order valence-corrected chi connectivity index (χ1v) is 11.0. The molecule has 0 saturated carbocycles. The number of pyridine rings is 1. The van der Waals surface area contributed by atoms with Crippen LogP contribution in [0, 0.1) is 0 Å². The second-order valence-corrected chi connectivity index (χ2v) is 9.27. The smallest absolute Gasteiger partial charge is 0.228 e. The van der Waals surface area contributed by atoms with Crippen molar-refractivity contribution in [2.45, 2.75) is 32.2 Å². The van der Waals surface area contributed by atoms with E-state index in [4.69, 9.17) is 0 Å². The van der Waals surface area contributed by atoms with Crippen molar-refractivity contribution in [3.05, 3.63) is 35.5 Å². The summed E-state index contributed by atoms with van der Waals surface area (Å²) in [4.78, 5) is 23.2. The van der Waals surface area contributed by atoms with Crippen molar-refractivity contribution in [1.29, 1.82) is 0 Å². The van der Waals surface area contributed by atoms with Crippen LogP contribution in [0.1, 0.15) is 25.5 Å². The molecule has 2 aromatic heterocycles. The SMILES string of the molecule is CCCN(C(=O)Cc1csc(-c2ccccn2)n1)C1CCS(=O)(=O)C1. The molecule has 1 amide bonds. The van der Waals surface area contributed by atoms with Crippen molar-refractivity contribution in [1.82, 2.24) is 14.9 Å². The molecule has 25 heavy (non-hydrogen) atoms. The fraction of sp³-hybridized carbons (Fsp3) is 0.471. The Labute approximate surface area is 151 Å². The Morgan fingerprint density at radius 1 is 1.40 bits per heavy atom. The molecule has 2 aromatic rings. The van der Waals surface area contributed by atoms with E-state index in [1.807, 2.05) is 30.5 Å². The summed E-state index contributed by atoms with van der Waals surface area (Å²) in [5, 5.41) is 2.66. The molecule has 1 unspecified atom stereocenters. The van der Waals surface area contributed by atoms with E-state index in [2.05, 4.69) is 9.97 Å². The van der Waals surface area contributed by atoms with E-state index in [1.54, 1.807) is 11.1 Å². The summed E-state index contributed by atoms with van der Waals surface area (Å²) in [6.07, 6.45) is 3.24. The molecule has 1 fully saturated rings. The maximum absolute atomic E-state index is 12.7. The van der Waals surface area contributed by atoms with Gasteiger partial charge in [0.05, 0.1) is 29.3 Å². The van der Waals surface area contributed by atoms with Crippen molar-refractivity contribution in [3.8, 4) is 10.7 Å². The van der Waals surface area contributed by atoms with Crippen LogP contribution in [-0.4, -0.2) is 53.3 Å². The van der Waals surface area contributed by atoms with Crippen LogP contribution in [0.3, 0.4) is 0 Å². The summed E-state index contributed by atoms with van der Waals surface area (Å²) in [6, 6.07) is 5.43. The standard InChI is InChI=1S/C17H21N3O3S2/c1-2-8-20(14-6-9-25(22,23)12-14)16(21)10-13-11-24-17(19-13)15-5-3-4-7-18-15/h3-5,7,11,14H,2,6,8-10,12H2,1H3. The zero-order chi connectivity index (χ0) is 17.9. The molecule has 1 saturated heterocycles. The van der Waals surface area contributed by atoms with Crippen molar-refractivity contribution < 1.29 is 13.2 Å². The molecule has 1 atom stereocenters. The van der Waals surface area contributed by atoms with Crippen LogP contribution in [0.2, 0.25) is 0 Å². The van der Waals surface area contributed by atoms with Gasteiger partial charge in [-0.2, -0.15) is 0 Å². The minimum atomic E-state index is -3.01. The van der Waals surface area contributed by atoms with Crippen LogP contribution in [0.15, 0.2) is 29.8 Å². The van der Waals surface area contributed by atoms with Gasteiger partial charge in [0, 0.05) is 24.2 Å². The summed E-state index contributed by atoms with van der Waals surface area (Å²) in [7, 11) is -3.01. The van der Waals surface area contributed by atoms with Crippen molar-refractivity contribution in [2.75, 3.05) is 18.1 Å². The lowest BCUT2D eigenvalue weighted by molar-refractivity contribution is -0.132. The Bertz CT molecular complexity index is 834. The number of carbonyl (C=O) groups excluding carboxylic acids is 1. The van der Waals surface area contributed by atoms with Gasteiger partial charge in [-0.25, -0.2) is 13.4 Å². The molecule has 1 aliphatic heterocycles. The molecule has 0 bridgehead atoms. The molecular formula is C17H21N3O3S2. The first-order valence-electron chi connectivity index (χ1n) is 8.34. The minimum absolute atomic E-state index is 0.0539. The highest BCUT2D eigenvalue weighted by atomic mass is 32.2. The fourth-order valence-corrected chi connectivity index (χ4v) is 5.55. The second-order valence-electron chi connectivity index (χ2n) is 6.18. The van der Waals surface area contributed by atoms with E-state index in [-0.39, 0.29) is 29.9 Å². The maximum atomic E-state index is 12.7. The predicted molar refractivity (Wildman–Crippen MR) is 98.1 cm³/mol. The van der Waals surface area contributed by atoms with Crippen LogP contribution in [-0.2, 0) is 21.1 Å². The molecule has 0 aromatic carbocycles. The molecule has 0 aliphatic carbocycles. The van der Waals surface area contributed by atoms with Crippen LogP contribution >= 0.6 is 11.3 Å². The van der Waals surface area contributed by atoms with E-state index in [0.29, 0.717) is 18.7 Å². The summed E-state index contributed by atoms with van der Waals surface area (Å²) < 4.78 is 23.5. The van der Waals surface area contributed by atoms with Crippen LogP contribution in [0.5, 0.6) is 0 Å². The third-order valence-electron chi connectivity index (χ3n) is 4.20. The molecule has 3 heterocycles. The Kier molecular flexibility index (Phi) is 5.48. The lowest BCUT2D eigenvalue weighted by Gasteiger charge is -2.27. The van der Waals surface area contributed by atoms with Crippen LogP contribution in [0.4, 0.5) is 0 Å². The highest BCUT2D eigenvalue weighted by molar-refractivity contribution is 7.91. The third kappa shape index (κ3) is 4.43. The highest BCUT2D eigenvalue weighted by Gasteiger charge is 2.34. The normalized spacial score (nSPS) is 19.0. The Hall–Kier alpha value is -1.80. The van der Waals surface area contributed by atoms with E-state index < -0.39 is 9.84 Å². The number of sulfone groups is 1. The van der Waals surface area contributed by atoms with E-state index >= 15 is 0 Å². The second kappa shape index (κ2) is 7.61. The predicted octanol–water partition coefficient (Wildman–Crippen LogP) is 2.17. The molecule has 1 aliphatic rings. The molecule has 134 valence electrons. The van der Waals surface area contributed by atoms with Gasteiger partial charge in [-0.05, 0) is 25.0 Å². The van der Waals surface area contributed by atoms with E-state index in [1.165, 1.54) is 11.3 Å². The van der Waals surface area contributed by atoms with E-state index in [9.17, 15) is 13.2 Å². The number of nitrogens with zero attached hydrogens (tertiary/aromatic N) is 3. The molecule has 0 spiro atoms. The fourth-order valence-electron chi connectivity index (χ4n) is 3.02. The van der Waals surface area contributed by atoms with Crippen molar-refractivity contribution in [2.24, 2.45) is 0 Å². The topological polar surface area (TPSA) is 80.2 Å². The molecular weight excluding hydrogens is 358 g/mol. The van der Waals surface area contributed by atoms with Gasteiger partial charge >= 0.3 is 0 Å². The van der Waals surface area contributed by atoms with Gasteiger partial charge in [-0.1, -0.05) is 13.0 Å². The lowest BCUT2D eigenvalue weighted by atomic mass is 10.2. The quantitative estimate of drug-likeness (QED) is 0.768.